The van der Waals surface area contributed by atoms with Gasteiger partial charge in [-0.2, -0.15) is 0 Å². The van der Waals surface area contributed by atoms with Crippen LogP contribution in [0.2, 0.25) is 0 Å². The molecule has 0 aliphatic rings. The van der Waals surface area contributed by atoms with Crippen molar-refractivity contribution >= 4 is 21.8 Å². The highest BCUT2D eigenvalue weighted by atomic mass is 79.9. The number of halogens is 1. The van der Waals surface area contributed by atoms with Gasteiger partial charge in [-0.1, -0.05) is 22.9 Å². The monoisotopic (exact) mass is 313 g/mol. The average Bonchev–Trinajstić information content (AvgIpc) is 2.31. The minimum Gasteiger partial charge on any atom is -0.481 e. The number of benzene rings is 1. The van der Waals surface area contributed by atoms with Crippen molar-refractivity contribution in [3.05, 3.63) is 28.7 Å². The fourth-order valence-corrected chi connectivity index (χ4v) is 1.56. The normalized spacial score (nSPS) is 12.9. The van der Waals surface area contributed by atoms with E-state index >= 15 is 0 Å². The van der Waals surface area contributed by atoms with Crippen molar-refractivity contribution in [3.63, 3.8) is 0 Å². The van der Waals surface area contributed by atoms with Crippen molar-refractivity contribution in [2.75, 3.05) is 0 Å². The first kappa shape index (κ1) is 15.0. The summed E-state index contributed by atoms with van der Waals surface area (Å²) in [4.78, 5) is 11.9. The number of hydrogen-bond acceptors (Lipinski definition) is 2. The van der Waals surface area contributed by atoms with Crippen molar-refractivity contribution in [1.29, 1.82) is 0 Å². The van der Waals surface area contributed by atoms with Gasteiger partial charge in [-0.3, -0.25) is 4.79 Å². The van der Waals surface area contributed by atoms with Crippen LogP contribution >= 0.6 is 15.9 Å². The van der Waals surface area contributed by atoms with Gasteiger partial charge in [0.2, 0.25) is 0 Å². The van der Waals surface area contributed by atoms with Gasteiger partial charge >= 0.3 is 0 Å². The van der Waals surface area contributed by atoms with Crippen LogP contribution in [0.3, 0.4) is 0 Å². The summed E-state index contributed by atoms with van der Waals surface area (Å²) in [6.45, 7) is 7.79. The van der Waals surface area contributed by atoms with Gasteiger partial charge in [0, 0.05) is 10.0 Å². The lowest BCUT2D eigenvalue weighted by molar-refractivity contribution is -0.128. The summed E-state index contributed by atoms with van der Waals surface area (Å²) in [7, 11) is 0. The maximum Gasteiger partial charge on any atom is 0.261 e. The molecule has 0 aliphatic heterocycles. The molecule has 3 nitrogen and oxygen atoms in total. The lowest BCUT2D eigenvalue weighted by Crippen LogP contribution is -2.48. The molecule has 0 bridgehead atoms. The zero-order chi connectivity index (χ0) is 13.8. The predicted molar refractivity (Wildman–Crippen MR) is 76.7 cm³/mol. The highest BCUT2D eigenvalue weighted by Gasteiger charge is 2.22. The molecule has 0 unspecified atom stereocenters. The van der Waals surface area contributed by atoms with Gasteiger partial charge < -0.3 is 10.1 Å². The van der Waals surface area contributed by atoms with Crippen molar-refractivity contribution < 1.29 is 9.53 Å². The van der Waals surface area contributed by atoms with Crippen molar-refractivity contribution in [2.45, 2.75) is 45.8 Å². The molecule has 0 aromatic heterocycles. The number of ether oxygens (including phenoxy) is 1. The predicted octanol–water partition coefficient (Wildman–Crippen LogP) is 3.52. The van der Waals surface area contributed by atoms with E-state index in [1.54, 1.807) is 6.92 Å². The fourth-order valence-electron chi connectivity index (χ4n) is 1.29. The van der Waals surface area contributed by atoms with Crippen LogP contribution < -0.4 is 10.1 Å². The molecule has 18 heavy (non-hydrogen) atoms. The van der Waals surface area contributed by atoms with Gasteiger partial charge in [-0.15, -0.1) is 0 Å². The second-order valence-electron chi connectivity index (χ2n) is 4.94. The SMILES string of the molecule is CCC(C)(C)NC(=O)[C@@H](C)Oc1ccc(Br)cc1. The second-order valence-corrected chi connectivity index (χ2v) is 5.86. The third-order valence-electron chi connectivity index (χ3n) is 2.84. The van der Waals surface area contributed by atoms with Gasteiger partial charge in [0.15, 0.2) is 6.10 Å². The zero-order valence-electron chi connectivity index (χ0n) is 11.3. The van der Waals surface area contributed by atoms with Crippen molar-refractivity contribution in [3.8, 4) is 5.75 Å². The second kappa shape index (κ2) is 6.23. The molecule has 0 spiro atoms. The van der Waals surface area contributed by atoms with Crippen molar-refractivity contribution in [2.24, 2.45) is 0 Å². The van der Waals surface area contributed by atoms with E-state index in [0.29, 0.717) is 5.75 Å². The maximum absolute atomic E-state index is 11.9. The first-order valence-electron chi connectivity index (χ1n) is 6.08. The summed E-state index contributed by atoms with van der Waals surface area (Å²) in [5, 5.41) is 2.96. The highest BCUT2D eigenvalue weighted by molar-refractivity contribution is 9.10. The van der Waals surface area contributed by atoms with E-state index in [9.17, 15) is 4.79 Å². The summed E-state index contributed by atoms with van der Waals surface area (Å²) in [6.07, 6.45) is 0.376. The first-order valence-corrected chi connectivity index (χ1v) is 6.87. The van der Waals surface area contributed by atoms with Crippen LogP contribution in [0, 0.1) is 0 Å². The third-order valence-corrected chi connectivity index (χ3v) is 3.37. The molecule has 0 heterocycles. The van der Waals surface area contributed by atoms with Crippen LogP contribution in [0.1, 0.15) is 34.1 Å². The quantitative estimate of drug-likeness (QED) is 0.903. The lowest BCUT2D eigenvalue weighted by Gasteiger charge is -2.26. The Balaban J connectivity index is 2.57. The van der Waals surface area contributed by atoms with Gasteiger partial charge in [-0.25, -0.2) is 0 Å². The Hall–Kier alpha value is -1.03. The molecule has 4 heteroatoms. The molecule has 1 atom stereocenters. The molecule has 0 aliphatic carbocycles. The van der Waals surface area contributed by atoms with Gasteiger partial charge in [0.05, 0.1) is 0 Å². The molecule has 1 aromatic carbocycles. The maximum atomic E-state index is 11.9. The topological polar surface area (TPSA) is 38.3 Å². The van der Waals surface area contributed by atoms with E-state index in [4.69, 9.17) is 4.74 Å². The summed E-state index contributed by atoms with van der Waals surface area (Å²) in [6, 6.07) is 7.43. The fraction of sp³-hybridized carbons (Fsp3) is 0.500. The largest absolute Gasteiger partial charge is 0.481 e. The standard InChI is InChI=1S/C14H20BrNO2/c1-5-14(3,4)16-13(17)10(2)18-12-8-6-11(15)7-9-12/h6-10H,5H2,1-4H3,(H,16,17)/t10-/m1/s1. The molecular weight excluding hydrogens is 294 g/mol. The lowest BCUT2D eigenvalue weighted by atomic mass is 10.0. The van der Waals surface area contributed by atoms with Crippen LogP contribution in [-0.4, -0.2) is 17.6 Å². The molecular formula is C14H20BrNO2. The minimum absolute atomic E-state index is 0.0928. The molecule has 1 amide bonds. The first-order chi connectivity index (χ1) is 8.34. The number of amides is 1. The smallest absolute Gasteiger partial charge is 0.261 e. The number of nitrogens with one attached hydrogen (secondary N) is 1. The third kappa shape index (κ3) is 4.69. The summed E-state index contributed by atoms with van der Waals surface area (Å²) in [5.74, 6) is 0.597. The molecule has 1 rings (SSSR count). The number of carbonyl (C=O) groups is 1. The Morgan fingerprint density at radius 1 is 1.39 bits per heavy atom. The molecule has 0 fully saturated rings. The molecule has 1 N–H and O–H groups in total. The van der Waals surface area contributed by atoms with Crippen LogP contribution in [0.5, 0.6) is 5.75 Å². The van der Waals surface area contributed by atoms with Gasteiger partial charge in [0.1, 0.15) is 5.75 Å². The molecule has 0 saturated heterocycles. The molecule has 1 aromatic rings. The van der Waals surface area contributed by atoms with E-state index in [0.717, 1.165) is 10.9 Å². The van der Waals surface area contributed by atoms with Gasteiger partial charge in [-0.05, 0) is 51.5 Å². The van der Waals surface area contributed by atoms with Gasteiger partial charge in [0.25, 0.3) is 5.91 Å². The Labute approximate surface area is 117 Å². The zero-order valence-corrected chi connectivity index (χ0v) is 12.9. The van der Waals surface area contributed by atoms with Crippen LogP contribution in [-0.2, 0) is 4.79 Å². The summed E-state index contributed by atoms with van der Waals surface area (Å²) >= 11 is 3.35. The van der Waals surface area contributed by atoms with E-state index < -0.39 is 6.10 Å². The number of rotatable bonds is 5. The highest BCUT2D eigenvalue weighted by Crippen LogP contribution is 2.17. The van der Waals surface area contributed by atoms with Crippen LogP contribution in [0.25, 0.3) is 0 Å². The number of hydrogen-bond donors (Lipinski definition) is 1. The Bertz CT molecular complexity index is 401. The Morgan fingerprint density at radius 3 is 2.44 bits per heavy atom. The average molecular weight is 314 g/mol. The van der Waals surface area contributed by atoms with E-state index in [-0.39, 0.29) is 11.4 Å². The Morgan fingerprint density at radius 2 is 1.94 bits per heavy atom. The van der Waals surface area contributed by atoms with E-state index in [2.05, 4.69) is 21.2 Å². The number of carbonyl (C=O) groups excluding carboxylic acids is 1. The molecule has 0 saturated carbocycles. The van der Waals surface area contributed by atoms with E-state index in [1.807, 2.05) is 45.0 Å². The van der Waals surface area contributed by atoms with E-state index in [1.165, 1.54) is 0 Å². The van der Waals surface area contributed by atoms with Crippen molar-refractivity contribution in [1.82, 2.24) is 5.32 Å². The van der Waals surface area contributed by atoms with Crippen LogP contribution in [0.4, 0.5) is 0 Å². The minimum atomic E-state index is -0.503. The summed E-state index contributed by atoms with van der Waals surface area (Å²) < 4.78 is 6.57. The van der Waals surface area contributed by atoms with Crippen LogP contribution in [0.15, 0.2) is 28.7 Å². The molecule has 100 valence electrons. The molecule has 0 radical (unpaired) electrons. The Kier molecular flexibility index (Phi) is 5.20. The summed E-state index contributed by atoms with van der Waals surface area (Å²) in [5.41, 5.74) is -0.200.